The average Bonchev–Trinajstić information content (AvgIpc) is 3.15. The van der Waals surface area contributed by atoms with Crippen LogP contribution in [0.2, 0.25) is 0 Å². The normalized spacial score (nSPS) is 12.4. The van der Waals surface area contributed by atoms with Crippen molar-refractivity contribution in [3.8, 4) is 22.3 Å². The van der Waals surface area contributed by atoms with E-state index in [-0.39, 0.29) is 5.97 Å². The van der Waals surface area contributed by atoms with Crippen LogP contribution in [0, 0.1) is 0 Å². The van der Waals surface area contributed by atoms with E-state index in [9.17, 15) is 4.79 Å². The van der Waals surface area contributed by atoms with Crippen molar-refractivity contribution in [3.05, 3.63) is 63.8 Å². The Kier molecular flexibility index (Phi) is 4.40. The second-order valence-corrected chi connectivity index (χ2v) is 7.82. The summed E-state index contributed by atoms with van der Waals surface area (Å²) in [7, 11) is 1.46. The molecule has 0 amide bonds. The van der Waals surface area contributed by atoms with Crippen LogP contribution in [-0.4, -0.2) is 19.3 Å². The van der Waals surface area contributed by atoms with Crippen molar-refractivity contribution in [1.82, 2.24) is 0 Å². The molecule has 0 spiro atoms. The van der Waals surface area contributed by atoms with E-state index in [0.717, 1.165) is 23.3 Å². The monoisotopic (exact) mass is 366 g/mol. The molecule has 0 atom stereocenters. The predicted octanol–water partition coefficient (Wildman–Crippen LogP) is 5.69. The Morgan fingerprint density at radius 3 is 2.64 bits per heavy atom. The van der Waals surface area contributed by atoms with Gasteiger partial charge in [-0.25, -0.2) is 4.79 Å². The van der Waals surface area contributed by atoms with E-state index in [1.165, 1.54) is 34.2 Å². The van der Waals surface area contributed by atoms with E-state index in [1.807, 2.05) is 12.3 Å². The van der Waals surface area contributed by atoms with Crippen molar-refractivity contribution >= 4 is 29.1 Å². The number of methoxy groups -OCH3 is 1. The fourth-order valence-electron chi connectivity index (χ4n) is 3.59. The smallest absolute Gasteiger partial charge is 0.339 e. The zero-order valence-corrected chi connectivity index (χ0v) is 15.8. The minimum atomic E-state index is -0.251. The van der Waals surface area contributed by atoms with E-state index in [4.69, 9.17) is 4.74 Å². The third-order valence-corrected chi connectivity index (χ3v) is 6.45. The number of ether oxygens (including phenoxy) is 1. The Labute approximate surface area is 155 Å². The molecule has 4 heteroatoms. The second kappa shape index (κ2) is 6.70. The first-order valence-corrected chi connectivity index (χ1v) is 10.3. The van der Waals surface area contributed by atoms with Crippen molar-refractivity contribution in [1.29, 1.82) is 0 Å². The molecule has 0 saturated heterocycles. The maximum Gasteiger partial charge on any atom is 0.339 e. The number of benzene rings is 2. The Hall–Kier alpha value is -2.04. The third kappa shape index (κ3) is 2.70. The van der Waals surface area contributed by atoms with E-state index in [0.29, 0.717) is 5.56 Å². The molecule has 2 aromatic carbocycles. The number of esters is 1. The van der Waals surface area contributed by atoms with Gasteiger partial charge in [0.05, 0.1) is 12.7 Å². The highest BCUT2D eigenvalue weighted by molar-refractivity contribution is 7.98. The van der Waals surface area contributed by atoms with Gasteiger partial charge in [-0.1, -0.05) is 30.3 Å². The number of thioether (sulfide) groups is 1. The number of aryl methyl sites for hydroxylation is 1. The van der Waals surface area contributed by atoms with Gasteiger partial charge in [-0.05, 0) is 58.9 Å². The van der Waals surface area contributed by atoms with Crippen LogP contribution >= 0.6 is 23.1 Å². The zero-order chi connectivity index (χ0) is 17.4. The van der Waals surface area contributed by atoms with Crippen LogP contribution in [0.3, 0.4) is 0 Å². The summed E-state index contributed by atoms with van der Waals surface area (Å²) in [4.78, 5) is 14.9. The van der Waals surface area contributed by atoms with Gasteiger partial charge in [0.25, 0.3) is 0 Å². The van der Waals surface area contributed by atoms with E-state index in [2.05, 4.69) is 41.8 Å². The lowest BCUT2D eigenvalue weighted by molar-refractivity contribution is 0.0597. The van der Waals surface area contributed by atoms with Gasteiger partial charge in [0.1, 0.15) is 0 Å². The van der Waals surface area contributed by atoms with Crippen LogP contribution in [0.4, 0.5) is 0 Å². The van der Waals surface area contributed by atoms with Gasteiger partial charge >= 0.3 is 5.97 Å². The van der Waals surface area contributed by atoms with Gasteiger partial charge in [-0.15, -0.1) is 23.1 Å². The van der Waals surface area contributed by atoms with E-state index < -0.39 is 0 Å². The van der Waals surface area contributed by atoms with Gasteiger partial charge in [0.2, 0.25) is 0 Å². The quantitative estimate of drug-likeness (QED) is 0.440. The Morgan fingerprint density at radius 2 is 1.92 bits per heavy atom. The lowest BCUT2D eigenvalue weighted by Gasteiger charge is -2.24. The highest BCUT2D eigenvalue weighted by atomic mass is 32.2. The number of hydrogen-bond donors (Lipinski definition) is 0. The summed E-state index contributed by atoms with van der Waals surface area (Å²) < 4.78 is 5.13. The van der Waals surface area contributed by atoms with Crippen LogP contribution in [0.5, 0.6) is 0 Å². The molecule has 2 nitrogen and oxygen atoms in total. The summed E-state index contributed by atoms with van der Waals surface area (Å²) in [6.07, 6.45) is 3.99. The van der Waals surface area contributed by atoms with Gasteiger partial charge in [0.15, 0.2) is 0 Å². The molecule has 0 fully saturated rings. The van der Waals surface area contributed by atoms with Crippen molar-refractivity contribution < 1.29 is 9.53 Å². The molecule has 4 rings (SSSR count). The average molecular weight is 367 g/mol. The van der Waals surface area contributed by atoms with Gasteiger partial charge in [0, 0.05) is 15.3 Å². The topological polar surface area (TPSA) is 26.3 Å². The minimum absolute atomic E-state index is 0.251. The predicted molar refractivity (Wildman–Crippen MR) is 106 cm³/mol. The summed E-state index contributed by atoms with van der Waals surface area (Å²) in [5.41, 5.74) is 6.66. The summed E-state index contributed by atoms with van der Waals surface area (Å²) in [6.45, 7) is 0. The summed E-state index contributed by atoms with van der Waals surface area (Å²) >= 11 is 3.37. The van der Waals surface area contributed by atoms with Gasteiger partial charge < -0.3 is 4.74 Å². The lowest BCUT2D eigenvalue weighted by atomic mass is 9.82. The van der Waals surface area contributed by atoms with Crippen molar-refractivity contribution in [2.75, 3.05) is 13.4 Å². The lowest BCUT2D eigenvalue weighted by Crippen LogP contribution is -2.12. The molecule has 0 bridgehead atoms. The maximum absolute atomic E-state index is 12.6. The zero-order valence-electron chi connectivity index (χ0n) is 14.2. The number of hydrogen-bond acceptors (Lipinski definition) is 4. The van der Waals surface area contributed by atoms with Gasteiger partial charge in [-0.2, -0.15) is 0 Å². The third-order valence-electron chi connectivity index (χ3n) is 4.71. The Morgan fingerprint density at radius 1 is 1.12 bits per heavy atom. The number of fused-ring (bicyclic) bond motifs is 3. The number of thiophene rings is 1. The highest BCUT2D eigenvalue weighted by Crippen LogP contribution is 2.46. The first-order chi connectivity index (χ1) is 12.2. The molecule has 126 valence electrons. The fourth-order valence-corrected chi connectivity index (χ4v) is 5.10. The van der Waals surface area contributed by atoms with Crippen LogP contribution in [0.1, 0.15) is 20.8 Å². The van der Waals surface area contributed by atoms with Crippen LogP contribution < -0.4 is 0 Å². The maximum atomic E-state index is 12.6. The molecular formula is C21H18O2S2. The second-order valence-electron chi connectivity index (χ2n) is 5.97. The first kappa shape index (κ1) is 16.4. The van der Waals surface area contributed by atoms with Crippen molar-refractivity contribution in [2.45, 2.75) is 17.7 Å². The van der Waals surface area contributed by atoms with Crippen molar-refractivity contribution in [3.63, 3.8) is 0 Å². The largest absolute Gasteiger partial charge is 0.465 e. The molecule has 1 heterocycles. The Balaban J connectivity index is 2.09. The molecule has 0 radical (unpaired) electrons. The van der Waals surface area contributed by atoms with Crippen LogP contribution in [0.15, 0.2) is 52.7 Å². The molecule has 0 saturated carbocycles. The van der Waals surface area contributed by atoms with E-state index in [1.54, 1.807) is 23.1 Å². The molecule has 1 aliphatic rings. The molecule has 1 aliphatic carbocycles. The van der Waals surface area contributed by atoms with E-state index >= 15 is 0 Å². The number of rotatable bonds is 3. The molecule has 0 N–H and O–H groups in total. The SMILES string of the molecule is COC(=O)c1c(SC)cc(-c2ccccc2)c2c1-c1ccsc1CC2. The number of carbonyl (C=O) groups is 1. The molecular weight excluding hydrogens is 348 g/mol. The molecule has 25 heavy (non-hydrogen) atoms. The number of carbonyl (C=O) groups excluding carboxylic acids is 1. The van der Waals surface area contributed by atoms with Gasteiger partial charge in [-0.3, -0.25) is 0 Å². The highest BCUT2D eigenvalue weighted by Gasteiger charge is 2.29. The molecule has 0 aliphatic heterocycles. The first-order valence-electron chi connectivity index (χ1n) is 8.19. The van der Waals surface area contributed by atoms with Crippen molar-refractivity contribution in [2.24, 2.45) is 0 Å². The minimum Gasteiger partial charge on any atom is -0.465 e. The molecule has 1 aromatic heterocycles. The molecule has 3 aromatic rings. The summed E-state index contributed by atoms with van der Waals surface area (Å²) in [5.74, 6) is -0.251. The summed E-state index contributed by atoms with van der Waals surface area (Å²) in [5, 5.41) is 2.12. The molecule has 0 unspecified atom stereocenters. The van der Waals surface area contributed by atoms with Crippen LogP contribution in [-0.2, 0) is 17.6 Å². The fraction of sp³-hybridized carbons (Fsp3) is 0.190. The summed E-state index contributed by atoms with van der Waals surface area (Å²) in [6, 6.07) is 14.7. The Bertz CT molecular complexity index is 942. The standard InChI is InChI=1S/C21H18O2S2/c1-23-21(22)20-18(24-2)12-16(13-6-4-3-5-7-13)14-8-9-17-15(19(14)20)10-11-25-17/h3-7,10-12H,8-9H2,1-2H3. The van der Waals surface area contributed by atoms with Crippen LogP contribution in [0.25, 0.3) is 22.3 Å².